The maximum atomic E-state index is 5.57. The van der Waals surface area contributed by atoms with Gasteiger partial charge in [0.25, 0.3) is 0 Å². The van der Waals surface area contributed by atoms with Crippen molar-refractivity contribution in [2.24, 2.45) is 5.92 Å². The molecule has 0 unspecified atom stereocenters. The normalized spacial score (nSPS) is 16.4. The molecule has 0 amide bonds. The van der Waals surface area contributed by atoms with Crippen molar-refractivity contribution >= 4 is 0 Å². The van der Waals surface area contributed by atoms with E-state index in [-0.39, 0.29) is 0 Å². The molecule has 1 aliphatic carbocycles. The molecular weight excluding hydrogens is 148 g/mol. The highest BCUT2D eigenvalue weighted by molar-refractivity contribution is 5.15. The largest absolute Gasteiger partial charge is 0.494 e. The summed E-state index contributed by atoms with van der Waals surface area (Å²) in [6, 6.07) is 0. The Hall–Kier alpha value is -0.720. The predicted molar refractivity (Wildman–Crippen MR) is 51.9 cm³/mol. The second-order valence-corrected chi connectivity index (χ2v) is 3.62. The van der Waals surface area contributed by atoms with Gasteiger partial charge in [0.15, 0.2) is 0 Å². The lowest BCUT2D eigenvalue weighted by Crippen LogP contribution is -1.99. The van der Waals surface area contributed by atoms with Gasteiger partial charge in [0.2, 0.25) is 0 Å². The molecule has 1 heteroatoms. The SMILES string of the molecule is CC(C)CCOC1=CCCC=C1. The molecule has 1 rings (SSSR count). The summed E-state index contributed by atoms with van der Waals surface area (Å²) >= 11 is 0. The Balaban J connectivity index is 2.14. The van der Waals surface area contributed by atoms with Crippen LogP contribution in [0.1, 0.15) is 33.1 Å². The highest BCUT2D eigenvalue weighted by Crippen LogP contribution is 2.11. The third kappa shape index (κ3) is 3.61. The molecule has 1 nitrogen and oxygen atoms in total. The maximum Gasteiger partial charge on any atom is 0.114 e. The minimum absolute atomic E-state index is 0.734. The second kappa shape index (κ2) is 5.02. The van der Waals surface area contributed by atoms with Crippen molar-refractivity contribution in [3.8, 4) is 0 Å². The van der Waals surface area contributed by atoms with E-state index in [0.29, 0.717) is 0 Å². The molecule has 0 saturated heterocycles. The predicted octanol–water partition coefficient (Wildman–Crippen LogP) is 3.28. The van der Waals surface area contributed by atoms with Crippen molar-refractivity contribution < 1.29 is 4.74 Å². The molecule has 0 saturated carbocycles. The highest BCUT2D eigenvalue weighted by Gasteiger charge is 1.98. The van der Waals surface area contributed by atoms with Gasteiger partial charge >= 0.3 is 0 Å². The first kappa shape index (κ1) is 9.37. The first-order valence-electron chi connectivity index (χ1n) is 4.78. The molecule has 0 radical (unpaired) electrons. The molecule has 0 heterocycles. The Kier molecular flexibility index (Phi) is 3.92. The molecule has 1 aliphatic rings. The quantitative estimate of drug-likeness (QED) is 0.622. The van der Waals surface area contributed by atoms with Crippen LogP contribution in [0, 0.1) is 5.92 Å². The van der Waals surface area contributed by atoms with E-state index in [2.05, 4.69) is 32.1 Å². The van der Waals surface area contributed by atoms with Gasteiger partial charge in [0.05, 0.1) is 6.61 Å². The van der Waals surface area contributed by atoms with Gasteiger partial charge in [-0.05, 0) is 37.3 Å². The van der Waals surface area contributed by atoms with Crippen LogP contribution in [0.5, 0.6) is 0 Å². The maximum absolute atomic E-state index is 5.57. The molecule has 0 aromatic rings. The minimum atomic E-state index is 0.734. The Bertz CT molecular complexity index is 177. The molecule has 0 aromatic carbocycles. The molecular formula is C11H18O. The molecule has 0 spiro atoms. The number of hydrogen-bond acceptors (Lipinski definition) is 1. The number of ether oxygens (including phenoxy) is 1. The second-order valence-electron chi connectivity index (χ2n) is 3.62. The highest BCUT2D eigenvalue weighted by atomic mass is 16.5. The topological polar surface area (TPSA) is 9.23 Å². The third-order valence-electron chi connectivity index (χ3n) is 1.92. The van der Waals surface area contributed by atoms with E-state index in [1.165, 1.54) is 0 Å². The van der Waals surface area contributed by atoms with Gasteiger partial charge in [-0.3, -0.25) is 0 Å². The molecule has 0 aromatic heterocycles. The van der Waals surface area contributed by atoms with Crippen molar-refractivity contribution in [2.75, 3.05) is 6.61 Å². The van der Waals surface area contributed by atoms with Crippen LogP contribution < -0.4 is 0 Å². The Labute approximate surface area is 75.1 Å². The third-order valence-corrected chi connectivity index (χ3v) is 1.92. The van der Waals surface area contributed by atoms with E-state index in [9.17, 15) is 0 Å². The van der Waals surface area contributed by atoms with Crippen LogP contribution >= 0.6 is 0 Å². The Morgan fingerprint density at radius 1 is 1.42 bits per heavy atom. The van der Waals surface area contributed by atoms with Gasteiger partial charge in [0.1, 0.15) is 5.76 Å². The van der Waals surface area contributed by atoms with Gasteiger partial charge in [0, 0.05) is 0 Å². The molecule has 0 fully saturated rings. The van der Waals surface area contributed by atoms with E-state index in [4.69, 9.17) is 4.74 Å². The molecule has 68 valence electrons. The van der Waals surface area contributed by atoms with Crippen LogP contribution in [-0.2, 0) is 4.74 Å². The van der Waals surface area contributed by atoms with E-state index in [1.54, 1.807) is 0 Å². The monoisotopic (exact) mass is 166 g/mol. The molecule has 0 N–H and O–H groups in total. The van der Waals surface area contributed by atoms with E-state index in [0.717, 1.165) is 37.5 Å². The van der Waals surface area contributed by atoms with Crippen LogP contribution in [-0.4, -0.2) is 6.61 Å². The summed E-state index contributed by atoms with van der Waals surface area (Å²) in [6.07, 6.45) is 9.85. The van der Waals surface area contributed by atoms with Gasteiger partial charge in [-0.25, -0.2) is 0 Å². The van der Waals surface area contributed by atoms with Crippen molar-refractivity contribution in [3.63, 3.8) is 0 Å². The summed E-state index contributed by atoms with van der Waals surface area (Å²) < 4.78 is 5.57. The van der Waals surface area contributed by atoms with Crippen molar-refractivity contribution in [3.05, 3.63) is 24.0 Å². The van der Waals surface area contributed by atoms with E-state index >= 15 is 0 Å². The number of hydrogen-bond donors (Lipinski definition) is 0. The van der Waals surface area contributed by atoms with Crippen molar-refractivity contribution in [1.29, 1.82) is 0 Å². The summed E-state index contributed by atoms with van der Waals surface area (Å²) in [4.78, 5) is 0. The van der Waals surface area contributed by atoms with Crippen LogP contribution in [0.25, 0.3) is 0 Å². The lowest BCUT2D eigenvalue weighted by atomic mass is 10.1. The van der Waals surface area contributed by atoms with Crippen LogP contribution in [0.4, 0.5) is 0 Å². The lowest BCUT2D eigenvalue weighted by molar-refractivity contribution is 0.205. The van der Waals surface area contributed by atoms with Crippen molar-refractivity contribution in [2.45, 2.75) is 33.1 Å². The van der Waals surface area contributed by atoms with Crippen molar-refractivity contribution in [1.82, 2.24) is 0 Å². The summed E-state index contributed by atoms with van der Waals surface area (Å²) in [6.45, 7) is 5.29. The zero-order chi connectivity index (χ0) is 8.81. The van der Waals surface area contributed by atoms with Gasteiger partial charge in [-0.2, -0.15) is 0 Å². The van der Waals surface area contributed by atoms with Crippen LogP contribution in [0.15, 0.2) is 24.0 Å². The van der Waals surface area contributed by atoms with E-state index < -0.39 is 0 Å². The standard InChI is InChI=1S/C11H18O/c1-10(2)8-9-12-11-6-4-3-5-7-11/h4,6-7,10H,3,5,8-9H2,1-2H3. The number of rotatable bonds is 4. The van der Waals surface area contributed by atoms with Gasteiger partial charge < -0.3 is 4.74 Å². The first-order chi connectivity index (χ1) is 5.79. The zero-order valence-corrected chi connectivity index (χ0v) is 8.05. The summed E-state index contributed by atoms with van der Waals surface area (Å²) in [5.74, 6) is 1.79. The smallest absolute Gasteiger partial charge is 0.114 e. The molecule has 0 bridgehead atoms. The first-order valence-corrected chi connectivity index (χ1v) is 4.78. The van der Waals surface area contributed by atoms with Gasteiger partial charge in [-0.15, -0.1) is 0 Å². The summed E-state index contributed by atoms with van der Waals surface area (Å²) in [5, 5.41) is 0. The fraction of sp³-hybridized carbons (Fsp3) is 0.636. The molecule has 0 aliphatic heterocycles. The van der Waals surface area contributed by atoms with Crippen LogP contribution in [0.3, 0.4) is 0 Å². The van der Waals surface area contributed by atoms with Crippen LogP contribution in [0.2, 0.25) is 0 Å². The Morgan fingerprint density at radius 3 is 2.83 bits per heavy atom. The lowest BCUT2D eigenvalue weighted by Gasteiger charge is -2.10. The fourth-order valence-corrected chi connectivity index (χ4v) is 1.11. The minimum Gasteiger partial charge on any atom is -0.494 e. The molecule has 12 heavy (non-hydrogen) atoms. The zero-order valence-electron chi connectivity index (χ0n) is 8.05. The van der Waals surface area contributed by atoms with Gasteiger partial charge in [-0.1, -0.05) is 19.9 Å². The average Bonchev–Trinajstić information content (AvgIpc) is 2.05. The Morgan fingerprint density at radius 2 is 2.25 bits per heavy atom. The van der Waals surface area contributed by atoms with E-state index in [1.807, 2.05) is 0 Å². The summed E-state index contributed by atoms with van der Waals surface area (Å²) in [7, 11) is 0. The fourth-order valence-electron chi connectivity index (χ4n) is 1.11. The molecule has 0 atom stereocenters. The summed E-state index contributed by atoms with van der Waals surface area (Å²) in [5.41, 5.74) is 0. The average molecular weight is 166 g/mol. The number of allylic oxidation sites excluding steroid dienone is 3.